The highest BCUT2D eigenvalue weighted by atomic mass is 28.4. The predicted octanol–water partition coefficient (Wildman–Crippen LogP) is 7.71. The van der Waals surface area contributed by atoms with Crippen LogP contribution in [0.25, 0.3) is 22.4 Å². The van der Waals surface area contributed by atoms with Gasteiger partial charge in [0.15, 0.2) is 8.32 Å². The number of halogens is 4. The molecule has 0 unspecified atom stereocenters. The van der Waals surface area contributed by atoms with Crippen LogP contribution in [0.3, 0.4) is 0 Å². The van der Waals surface area contributed by atoms with Crippen molar-refractivity contribution < 1.29 is 36.3 Å². The van der Waals surface area contributed by atoms with Gasteiger partial charge in [0, 0.05) is 48.2 Å². The summed E-state index contributed by atoms with van der Waals surface area (Å²) in [5.74, 6) is -1.02. The van der Waals surface area contributed by atoms with E-state index in [1.807, 2.05) is 0 Å². The molecule has 46 heavy (non-hydrogen) atoms. The largest absolute Gasteiger partial charge is 0.573 e. The van der Waals surface area contributed by atoms with Crippen LogP contribution in [0.2, 0.25) is 18.1 Å². The maximum atomic E-state index is 15.9. The lowest BCUT2D eigenvalue weighted by molar-refractivity contribution is -0.274. The second kappa shape index (κ2) is 12.9. The van der Waals surface area contributed by atoms with Gasteiger partial charge in [-0.1, -0.05) is 32.9 Å². The van der Waals surface area contributed by atoms with E-state index in [2.05, 4.69) is 43.6 Å². The summed E-state index contributed by atoms with van der Waals surface area (Å²) in [6, 6.07) is 13.1. The van der Waals surface area contributed by atoms with Crippen molar-refractivity contribution >= 4 is 14.2 Å². The van der Waals surface area contributed by atoms with Crippen molar-refractivity contribution in [2.45, 2.75) is 58.4 Å². The van der Waals surface area contributed by atoms with Gasteiger partial charge < -0.3 is 18.8 Å². The number of hydrogen-bond donors (Lipinski definition) is 0. The molecule has 4 aromatic rings. The van der Waals surface area contributed by atoms with Crippen LogP contribution in [0.5, 0.6) is 11.5 Å². The molecule has 0 spiro atoms. The smallest absolute Gasteiger partial charge is 0.489 e. The number of rotatable bonds is 10. The average Bonchev–Trinajstić information content (AvgIpc) is 3.37. The Morgan fingerprint density at radius 2 is 1.61 bits per heavy atom. The standard InChI is InChI=1S/C33H36F4N4O4Si/c1-32(2,3)46(4,5)44-19-18-40-16-17-41-30(31(40)42)28(29(39-41)23-12-14-38-15-13-23)26-11-10-25(20-27(26)34)43-21-22-6-8-24(9-7-22)45-33(35,36)37/h6-15,20H,16-19,21H2,1-5H3. The van der Waals surface area contributed by atoms with E-state index in [1.165, 1.54) is 30.3 Å². The van der Waals surface area contributed by atoms with Gasteiger partial charge in [-0.05, 0) is 60.1 Å². The van der Waals surface area contributed by atoms with Gasteiger partial charge in [-0.15, -0.1) is 13.2 Å². The Labute approximate surface area is 266 Å². The summed E-state index contributed by atoms with van der Waals surface area (Å²) in [4.78, 5) is 19.7. The summed E-state index contributed by atoms with van der Waals surface area (Å²) in [5, 5.41) is 4.78. The van der Waals surface area contributed by atoms with Crippen molar-refractivity contribution in [1.29, 1.82) is 0 Å². The number of alkyl halides is 3. The molecule has 1 aliphatic heterocycles. The maximum Gasteiger partial charge on any atom is 0.573 e. The molecule has 2 aromatic heterocycles. The number of pyridine rings is 1. The highest BCUT2D eigenvalue weighted by Gasteiger charge is 2.38. The number of amides is 1. The predicted molar refractivity (Wildman–Crippen MR) is 167 cm³/mol. The molecule has 0 radical (unpaired) electrons. The zero-order valence-electron chi connectivity index (χ0n) is 26.3. The van der Waals surface area contributed by atoms with Gasteiger partial charge in [0.2, 0.25) is 0 Å². The minimum atomic E-state index is -4.79. The third-order valence-electron chi connectivity index (χ3n) is 8.38. The van der Waals surface area contributed by atoms with Crippen LogP contribution in [0, 0.1) is 5.82 Å². The molecule has 0 saturated heterocycles. The number of carbonyl (C=O) groups is 1. The highest BCUT2D eigenvalue weighted by Crippen LogP contribution is 2.39. The first-order valence-corrected chi connectivity index (χ1v) is 17.8. The third kappa shape index (κ3) is 7.42. The average molecular weight is 657 g/mol. The minimum absolute atomic E-state index is 0.0130. The Hall–Kier alpha value is -4.23. The van der Waals surface area contributed by atoms with Crippen LogP contribution in [0.1, 0.15) is 36.8 Å². The molecule has 0 bridgehead atoms. The first-order valence-electron chi connectivity index (χ1n) is 14.8. The zero-order valence-corrected chi connectivity index (χ0v) is 27.3. The Morgan fingerprint density at radius 1 is 0.935 bits per heavy atom. The molecule has 1 aliphatic rings. The molecule has 8 nitrogen and oxygen atoms in total. The topological polar surface area (TPSA) is 78.7 Å². The molecule has 2 aromatic carbocycles. The number of nitrogens with zero attached hydrogens (tertiary/aromatic N) is 4. The van der Waals surface area contributed by atoms with Crippen LogP contribution < -0.4 is 9.47 Å². The summed E-state index contributed by atoms with van der Waals surface area (Å²) >= 11 is 0. The fourth-order valence-electron chi connectivity index (χ4n) is 4.86. The monoisotopic (exact) mass is 656 g/mol. The van der Waals surface area contributed by atoms with Crippen molar-refractivity contribution in [3.05, 3.63) is 84.1 Å². The fourth-order valence-corrected chi connectivity index (χ4v) is 5.89. The van der Waals surface area contributed by atoms with Crippen molar-refractivity contribution in [3.63, 3.8) is 0 Å². The van der Waals surface area contributed by atoms with Crippen LogP contribution in [-0.4, -0.2) is 59.9 Å². The number of carbonyl (C=O) groups excluding carboxylic acids is 1. The molecule has 13 heteroatoms. The molecule has 244 valence electrons. The van der Waals surface area contributed by atoms with Crippen molar-refractivity contribution in [1.82, 2.24) is 19.7 Å². The van der Waals surface area contributed by atoms with E-state index >= 15 is 4.39 Å². The van der Waals surface area contributed by atoms with Crippen molar-refractivity contribution in [3.8, 4) is 33.9 Å². The lowest BCUT2D eigenvalue weighted by Gasteiger charge is -2.37. The Morgan fingerprint density at radius 3 is 2.24 bits per heavy atom. The molecule has 0 fully saturated rings. The third-order valence-corrected chi connectivity index (χ3v) is 12.9. The quantitative estimate of drug-likeness (QED) is 0.129. The summed E-state index contributed by atoms with van der Waals surface area (Å²) in [6.45, 7) is 12.5. The molecule has 0 saturated carbocycles. The van der Waals surface area contributed by atoms with Crippen molar-refractivity contribution in [2.24, 2.45) is 0 Å². The lowest BCUT2D eigenvalue weighted by Crippen LogP contribution is -2.46. The normalized spacial score (nSPS) is 13.9. The van der Waals surface area contributed by atoms with Crippen LogP contribution in [0.15, 0.2) is 67.0 Å². The molecular weight excluding hydrogens is 620 g/mol. The van der Waals surface area contributed by atoms with Gasteiger partial charge in [0.25, 0.3) is 5.91 Å². The van der Waals surface area contributed by atoms with E-state index < -0.39 is 20.5 Å². The van der Waals surface area contributed by atoms with Crippen LogP contribution >= 0.6 is 0 Å². The number of hydrogen-bond acceptors (Lipinski definition) is 6. The van der Waals surface area contributed by atoms with Gasteiger partial charge in [-0.2, -0.15) is 5.10 Å². The molecule has 3 heterocycles. The summed E-state index contributed by atoms with van der Waals surface area (Å²) in [7, 11) is -2.01. The van der Waals surface area contributed by atoms with Gasteiger partial charge in [-0.3, -0.25) is 14.5 Å². The minimum Gasteiger partial charge on any atom is -0.489 e. The number of benzene rings is 2. The van der Waals surface area contributed by atoms with Gasteiger partial charge in [0.1, 0.15) is 35.3 Å². The van der Waals surface area contributed by atoms with Gasteiger partial charge >= 0.3 is 6.36 Å². The molecule has 5 rings (SSSR count). The highest BCUT2D eigenvalue weighted by molar-refractivity contribution is 6.74. The SMILES string of the molecule is CC(C)(C)[Si](C)(C)OCCN1CCn2nc(-c3ccncc3)c(-c3ccc(OCc4ccc(OC(F)(F)F)cc4)cc3F)c2C1=O. The first kappa shape index (κ1) is 33.1. The molecule has 1 amide bonds. The Bertz CT molecular complexity index is 1690. The van der Waals surface area contributed by atoms with E-state index in [9.17, 15) is 18.0 Å². The fraction of sp³-hybridized carbons (Fsp3) is 0.364. The Balaban J connectivity index is 1.39. The van der Waals surface area contributed by atoms with E-state index in [0.717, 1.165) is 0 Å². The number of fused-ring (bicyclic) bond motifs is 1. The van der Waals surface area contributed by atoms with E-state index in [-0.39, 0.29) is 34.6 Å². The van der Waals surface area contributed by atoms with Crippen molar-refractivity contribution in [2.75, 3.05) is 19.7 Å². The molecule has 0 N–H and O–H groups in total. The van der Waals surface area contributed by atoms with Gasteiger partial charge in [-0.25, -0.2) is 4.39 Å². The van der Waals surface area contributed by atoms with E-state index in [1.54, 1.807) is 46.2 Å². The second-order valence-electron chi connectivity index (χ2n) is 12.6. The first-order chi connectivity index (χ1) is 21.6. The van der Waals surface area contributed by atoms with Crippen LogP contribution in [0.4, 0.5) is 17.6 Å². The summed E-state index contributed by atoms with van der Waals surface area (Å²) in [5.41, 5.74) is 2.55. The van der Waals surface area contributed by atoms with E-state index in [0.29, 0.717) is 54.3 Å². The summed E-state index contributed by atoms with van der Waals surface area (Å²) < 4.78 is 70.8. The second-order valence-corrected chi connectivity index (χ2v) is 17.4. The number of aromatic nitrogens is 3. The molecule has 0 aliphatic carbocycles. The number of ether oxygens (including phenoxy) is 2. The molecular formula is C33H36F4N4O4Si. The maximum absolute atomic E-state index is 15.9. The van der Waals surface area contributed by atoms with E-state index in [4.69, 9.17) is 14.3 Å². The van der Waals surface area contributed by atoms with Crippen LogP contribution in [-0.2, 0) is 17.6 Å². The van der Waals surface area contributed by atoms with Gasteiger partial charge in [0.05, 0.1) is 13.2 Å². The molecule has 0 atom stereocenters. The lowest BCUT2D eigenvalue weighted by atomic mass is 9.97. The Kier molecular flexibility index (Phi) is 9.27. The summed E-state index contributed by atoms with van der Waals surface area (Å²) in [6.07, 6.45) is -1.57. The zero-order chi connectivity index (χ0) is 33.3.